The summed E-state index contributed by atoms with van der Waals surface area (Å²) in [5.74, 6) is 0.0746. The molecule has 0 bridgehead atoms. The summed E-state index contributed by atoms with van der Waals surface area (Å²) in [6, 6.07) is 4.87. The van der Waals surface area contributed by atoms with Gasteiger partial charge in [-0.1, -0.05) is 6.07 Å². The van der Waals surface area contributed by atoms with Crippen molar-refractivity contribution in [3.05, 3.63) is 40.7 Å². The molecule has 0 amide bonds. The SMILES string of the molecule is COC(=O)CCc1csc(N2CCOc3cccc(F)c3C2)n1. The highest BCUT2D eigenvalue weighted by Gasteiger charge is 2.20. The van der Waals surface area contributed by atoms with Crippen molar-refractivity contribution in [2.24, 2.45) is 0 Å². The third-order valence-electron chi connectivity index (χ3n) is 3.67. The van der Waals surface area contributed by atoms with Crippen molar-refractivity contribution in [1.82, 2.24) is 4.98 Å². The van der Waals surface area contributed by atoms with Crippen LogP contribution in [-0.2, 0) is 22.5 Å². The molecule has 1 aliphatic rings. The molecule has 1 aromatic heterocycles. The lowest BCUT2D eigenvalue weighted by Gasteiger charge is -2.18. The maximum atomic E-state index is 14.0. The van der Waals surface area contributed by atoms with Crippen molar-refractivity contribution in [2.75, 3.05) is 25.2 Å². The average molecular weight is 336 g/mol. The first-order valence-corrected chi connectivity index (χ1v) is 8.21. The van der Waals surface area contributed by atoms with Crippen LogP contribution in [0.1, 0.15) is 17.7 Å². The summed E-state index contributed by atoms with van der Waals surface area (Å²) in [6.07, 6.45) is 0.846. The van der Waals surface area contributed by atoms with Crippen LogP contribution < -0.4 is 9.64 Å². The molecule has 0 saturated carbocycles. The fourth-order valence-corrected chi connectivity index (χ4v) is 3.30. The monoisotopic (exact) mass is 336 g/mol. The standard InChI is InChI=1S/C16H17FN2O3S/c1-21-15(20)6-5-11-10-23-16(18-11)19-7-8-22-14-4-2-3-13(17)12(14)9-19/h2-4,10H,5-9H2,1H3. The first-order valence-electron chi connectivity index (χ1n) is 7.33. The van der Waals surface area contributed by atoms with Gasteiger partial charge in [-0.25, -0.2) is 9.37 Å². The fourth-order valence-electron chi connectivity index (χ4n) is 2.42. The van der Waals surface area contributed by atoms with Crippen molar-refractivity contribution in [3.8, 4) is 5.75 Å². The predicted octanol–water partition coefficient (Wildman–Crippen LogP) is 2.79. The van der Waals surface area contributed by atoms with Gasteiger partial charge in [-0.3, -0.25) is 4.79 Å². The highest BCUT2D eigenvalue weighted by atomic mass is 32.1. The Morgan fingerprint density at radius 3 is 3.22 bits per heavy atom. The van der Waals surface area contributed by atoms with Crippen molar-refractivity contribution in [3.63, 3.8) is 0 Å². The van der Waals surface area contributed by atoms with Gasteiger partial charge in [0, 0.05) is 17.4 Å². The molecule has 0 unspecified atom stereocenters. The van der Waals surface area contributed by atoms with Crippen LogP contribution in [0, 0.1) is 5.82 Å². The molecule has 2 aromatic rings. The minimum Gasteiger partial charge on any atom is -0.491 e. The first-order chi connectivity index (χ1) is 11.2. The van der Waals surface area contributed by atoms with E-state index in [1.165, 1.54) is 24.5 Å². The minimum atomic E-state index is -0.267. The number of nitrogens with zero attached hydrogens (tertiary/aromatic N) is 2. The normalized spacial score (nSPS) is 13.9. The molecule has 0 radical (unpaired) electrons. The molecule has 2 heterocycles. The number of fused-ring (bicyclic) bond motifs is 1. The van der Waals surface area contributed by atoms with E-state index < -0.39 is 0 Å². The number of carbonyl (C=O) groups is 1. The molecule has 0 saturated heterocycles. The molecule has 122 valence electrons. The number of rotatable bonds is 4. The zero-order chi connectivity index (χ0) is 16.2. The minimum absolute atomic E-state index is 0.251. The lowest BCUT2D eigenvalue weighted by molar-refractivity contribution is -0.140. The number of methoxy groups -OCH3 is 1. The molecule has 5 nitrogen and oxygen atoms in total. The summed E-state index contributed by atoms with van der Waals surface area (Å²) in [5.41, 5.74) is 1.39. The van der Waals surface area contributed by atoms with Crippen molar-refractivity contribution in [1.29, 1.82) is 0 Å². The molecule has 0 N–H and O–H groups in total. The van der Waals surface area contributed by atoms with Gasteiger partial charge in [0.25, 0.3) is 0 Å². The van der Waals surface area contributed by atoms with E-state index in [2.05, 4.69) is 9.72 Å². The fraction of sp³-hybridized carbons (Fsp3) is 0.375. The van der Waals surface area contributed by atoms with E-state index in [1.54, 1.807) is 12.1 Å². The topological polar surface area (TPSA) is 51.7 Å². The Hall–Kier alpha value is -2.15. The molecule has 0 atom stereocenters. The second-order valence-corrected chi connectivity index (χ2v) is 6.02. The molecule has 0 fully saturated rings. The van der Waals surface area contributed by atoms with Crippen LogP contribution in [0.5, 0.6) is 5.75 Å². The molecule has 3 rings (SSSR count). The lowest BCUT2D eigenvalue weighted by atomic mass is 10.2. The summed E-state index contributed by atoms with van der Waals surface area (Å²) in [6.45, 7) is 1.54. The number of hydrogen-bond donors (Lipinski definition) is 0. The maximum Gasteiger partial charge on any atom is 0.305 e. The van der Waals surface area contributed by atoms with Crippen LogP contribution in [0.4, 0.5) is 9.52 Å². The largest absolute Gasteiger partial charge is 0.491 e. The summed E-state index contributed by atoms with van der Waals surface area (Å²) in [7, 11) is 1.37. The van der Waals surface area contributed by atoms with Gasteiger partial charge in [0.15, 0.2) is 5.13 Å². The van der Waals surface area contributed by atoms with E-state index in [0.29, 0.717) is 43.9 Å². The highest BCUT2D eigenvalue weighted by Crippen LogP contribution is 2.30. The van der Waals surface area contributed by atoms with E-state index in [4.69, 9.17) is 4.74 Å². The molecule has 7 heteroatoms. The Morgan fingerprint density at radius 1 is 1.52 bits per heavy atom. The van der Waals surface area contributed by atoms with Gasteiger partial charge < -0.3 is 14.4 Å². The van der Waals surface area contributed by atoms with Gasteiger partial charge in [0.1, 0.15) is 18.2 Å². The Bertz CT molecular complexity index is 704. The number of thiazole rings is 1. The van der Waals surface area contributed by atoms with E-state index in [9.17, 15) is 9.18 Å². The number of aromatic nitrogens is 1. The Kier molecular flexibility index (Phi) is 4.76. The van der Waals surface area contributed by atoms with Crippen LogP contribution in [0.3, 0.4) is 0 Å². The molecule has 0 spiro atoms. The Morgan fingerprint density at radius 2 is 2.39 bits per heavy atom. The summed E-state index contributed by atoms with van der Waals surface area (Å²) in [5, 5.41) is 2.73. The lowest BCUT2D eigenvalue weighted by Crippen LogP contribution is -2.25. The van der Waals surface area contributed by atoms with Crippen LogP contribution in [0.2, 0.25) is 0 Å². The summed E-state index contributed by atoms with van der Waals surface area (Å²) >= 11 is 1.49. The highest BCUT2D eigenvalue weighted by molar-refractivity contribution is 7.13. The number of anilines is 1. The molecule has 1 aromatic carbocycles. The van der Waals surface area contributed by atoms with Crippen molar-refractivity contribution in [2.45, 2.75) is 19.4 Å². The molecule has 23 heavy (non-hydrogen) atoms. The predicted molar refractivity (Wildman–Crippen MR) is 85.4 cm³/mol. The number of esters is 1. The van der Waals surface area contributed by atoms with Crippen LogP contribution in [0.15, 0.2) is 23.6 Å². The van der Waals surface area contributed by atoms with Gasteiger partial charge in [-0.2, -0.15) is 0 Å². The summed E-state index contributed by atoms with van der Waals surface area (Å²) < 4.78 is 24.3. The molecule has 1 aliphatic heterocycles. The van der Waals surface area contributed by atoms with Gasteiger partial charge >= 0.3 is 5.97 Å². The zero-order valence-corrected chi connectivity index (χ0v) is 13.6. The third-order valence-corrected chi connectivity index (χ3v) is 4.62. The second-order valence-electron chi connectivity index (χ2n) is 5.18. The van der Waals surface area contributed by atoms with E-state index in [0.717, 1.165) is 10.8 Å². The van der Waals surface area contributed by atoms with E-state index >= 15 is 0 Å². The third kappa shape index (κ3) is 3.61. The van der Waals surface area contributed by atoms with Crippen molar-refractivity contribution < 1.29 is 18.7 Å². The number of carbonyl (C=O) groups excluding carboxylic acids is 1. The maximum absolute atomic E-state index is 14.0. The molecular weight excluding hydrogens is 319 g/mol. The number of benzene rings is 1. The number of halogens is 1. The Balaban J connectivity index is 1.73. The van der Waals surface area contributed by atoms with Crippen LogP contribution in [-0.4, -0.2) is 31.2 Å². The molecular formula is C16H17FN2O3S. The number of ether oxygens (including phenoxy) is 2. The first kappa shape index (κ1) is 15.7. The smallest absolute Gasteiger partial charge is 0.305 e. The second kappa shape index (κ2) is 6.95. The van der Waals surface area contributed by atoms with Gasteiger partial charge in [0.05, 0.1) is 32.3 Å². The number of hydrogen-bond acceptors (Lipinski definition) is 6. The summed E-state index contributed by atoms with van der Waals surface area (Å²) in [4.78, 5) is 17.7. The van der Waals surface area contributed by atoms with Crippen LogP contribution in [0.25, 0.3) is 0 Å². The zero-order valence-electron chi connectivity index (χ0n) is 12.8. The quantitative estimate of drug-likeness (QED) is 0.804. The van der Waals surface area contributed by atoms with Crippen LogP contribution >= 0.6 is 11.3 Å². The van der Waals surface area contributed by atoms with Gasteiger partial charge in [-0.15, -0.1) is 11.3 Å². The van der Waals surface area contributed by atoms with Crippen molar-refractivity contribution >= 4 is 22.4 Å². The number of aryl methyl sites for hydroxylation is 1. The average Bonchev–Trinajstić information content (AvgIpc) is 2.92. The molecule has 0 aliphatic carbocycles. The Labute approximate surface area is 137 Å². The van der Waals surface area contributed by atoms with E-state index in [1.807, 2.05) is 10.3 Å². The van der Waals surface area contributed by atoms with Gasteiger partial charge in [-0.05, 0) is 12.1 Å². The van der Waals surface area contributed by atoms with Gasteiger partial charge in [0.2, 0.25) is 0 Å². The van der Waals surface area contributed by atoms with E-state index in [-0.39, 0.29) is 11.8 Å².